The summed E-state index contributed by atoms with van der Waals surface area (Å²) in [5.41, 5.74) is 0. The molecule has 490 valence electrons. The van der Waals surface area contributed by atoms with Crippen LogP contribution in [0, 0.1) is 0 Å². The standard InChI is InChI=1S/C77H147NO5/c1-3-5-7-9-11-13-15-17-19-20-21-22-23-26-29-32-35-38-42-45-49-53-57-61-65-69-75(80)74(73-79)78-76(81)70-66-62-58-54-50-46-43-39-36-33-30-27-24-25-28-31-34-37-40-44-48-52-56-60-64-68-72-83-77(82)71-67-63-59-55-51-47-41-18-16-14-12-10-8-6-4-2/h18,24,27,41,65,69,74-75,79-80H,3-17,19-23,25-26,28-40,42-64,66-68,70-73H2,1-2H3,(H,78,81)/b27-24-,41-18-,69-65+. The molecule has 2 atom stereocenters. The van der Waals surface area contributed by atoms with Gasteiger partial charge in [0.2, 0.25) is 5.91 Å². The van der Waals surface area contributed by atoms with Crippen molar-refractivity contribution in [2.24, 2.45) is 0 Å². The molecular formula is C77H147NO5. The summed E-state index contributed by atoms with van der Waals surface area (Å²) in [5, 5.41) is 23.3. The Labute approximate surface area is 519 Å². The summed E-state index contributed by atoms with van der Waals surface area (Å²) in [6, 6.07) is -0.631. The van der Waals surface area contributed by atoms with Crippen LogP contribution in [0.4, 0.5) is 0 Å². The van der Waals surface area contributed by atoms with Gasteiger partial charge in [-0.15, -0.1) is 0 Å². The van der Waals surface area contributed by atoms with E-state index in [-0.39, 0.29) is 18.5 Å². The average molecular weight is 1170 g/mol. The first-order valence-electron chi connectivity index (χ1n) is 37.8. The largest absolute Gasteiger partial charge is 0.466 e. The first-order valence-corrected chi connectivity index (χ1v) is 37.8. The minimum atomic E-state index is -0.848. The molecule has 0 fully saturated rings. The number of ether oxygens (including phenoxy) is 1. The normalized spacial score (nSPS) is 12.7. The highest BCUT2D eigenvalue weighted by atomic mass is 16.5. The summed E-state index contributed by atoms with van der Waals surface area (Å²) < 4.78 is 5.49. The zero-order chi connectivity index (χ0) is 59.9. The fraction of sp³-hybridized carbons (Fsp3) is 0.896. The monoisotopic (exact) mass is 1170 g/mol. The maximum Gasteiger partial charge on any atom is 0.305 e. The topological polar surface area (TPSA) is 95.9 Å². The first-order chi connectivity index (χ1) is 41.0. The molecule has 2 unspecified atom stereocenters. The van der Waals surface area contributed by atoms with E-state index in [0.717, 1.165) is 44.9 Å². The SMILES string of the molecule is CCCCCCCC/C=C\CCCCCCCC(=O)OCCCCCCCCCCCCCC/C=C\CCCCCCCCCCCCC(=O)NC(CO)C(O)/C=C/CCCCCCCCCCCCCCCCCCCCCCCCC. The number of esters is 1. The zero-order valence-corrected chi connectivity index (χ0v) is 56.2. The van der Waals surface area contributed by atoms with Crippen LogP contribution in [0.15, 0.2) is 36.5 Å². The molecule has 0 aromatic rings. The molecule has 0 heterocycles. The lowest BCUT2D eigenvalue weighted by Crippen LogP contribution is -2.45. The molecular weight excluding hydrogens is 1020 g/mol. The Kier molecular flexibility index (Phi) is 70.9. The van der Waals surface area contributed by atoms with E-state index in [1.54, 1.807) is 6.08 Å². The molecule has 6 nitrogen and oxygen atoms in total. The molecule has 0 saturated carbocycles. The molecule has 83 heavy (non-hydrogen) atoms. The van der Waals surface area contributed by atoms with Gasteiger partial charge in [-0.1, -0.05) is 359 Å². The summed E-state index contributed by atoms with van der Waals surface area (Å²) in [6.07, 6.45) is 93.8. The summed E-state index contributed by atoms with van der Waals surface area (Å²) >= 11 is 0. The number of hydrogen-bond donors (Lipinski definition) is 3. The molecule has 0 aromatic carbocycles. The van der Waals surface area contributed by atoms with E-state index in [0.29, 0.717) is 19.4 Å². The minimum absolute atomic E-state index is 0.00669. The fourth-order valence-electron chi connectivity index (χ4n) is 11.9. The van der Waals surface area contributed by atoms with Crippen LogP contribution in [0.3, 0.4) is 0 Å². The summed E-state index contributed by atoms with van der Waals surface area (Å²) in [6.45, 7) is 4.93. The van der Waals surface area contributed by atoms with Crippen molar-refractivity contribution >= 4 is 11.9 Å². The minimum Gasteiger partial charge on any atom is -0.466 e. The molecule has 0 radical (unpaired) electrons. The van der Waals surface area contributed by atoms with Crippen LogP contribution in [0.2, 0.25) is 0 Å². The number of carbonyl (C=O) groups is 2. The van der Waals surface area contributed by atoms with E-state index in [4.69, 9.17) is 4.74 Å². The van der Waals surface area contributed by atoms with Crippen molar-refractivity contribution in [2.75, 3.05) is 13.2 Å². The average Bonchev–Trinajstić information content (AvgIpc) is 3.49. The molecule has 0 saturated heterocycles. The summed E-state index contributed by atoms with van der Waals surface area (Å²) in [5.74, 6) is -0.0587. The fourth-order valence-corrected chi connectivity index (χ4v) is 11.9. The van der Waals surface area contributed by atoms with Crippen molar-refractivity contribution in [3.8, 4) is 0 Å². The van der Waals surface area contributed by atoms with Crippen molar-refractivity contribution in [3.05, 3.63) is 36.5 Å². The van der Waals surface area contributed by atoms with Crippen molar-refractivity contribution in [1.82, 2.24) is 5.32 Å². The van der Waals surface area contributed by atoms with Gasteiger partial charge in [-0.3, -0.25) is 9.59 Å². The van der Waals surface area contributed by atoms with E-state index in [9.17, 15) is 19.8 Å². The van der Waals surface area contributed by atoms with E-state index in [1.807, 2.05) is 6.08 Å². The molecule has 0 spiro atoms. The van der Waals surface area contributed by atoms with E-state index >= 15 is 0 Å². The van der Waals surface area contributed by atoms with Gasteiger partial charge in [-0.25, -0.2) is 0 Å². The van der Waals surface area contributed by atoms with Crippen LogP contribution >= 0.6 is 0 Å². The summed E-state index contributed by atoms with van der Waals surface area (Å²) in [7, 11) is 0. The van der Waals surface area contributed by atoms with Crippen molar-refractivity contribution < 1.29 is 24.5 Å². The second-order valence-corrected chi connectivity index (χ2v) is 26.0. The van der Waals surface area contributed by atoms with Gasteiger partial charge in [0, 0.05) is 12.8 Å². The van der Waals surface area contributed by atoms with Crippen molar-refractivity contribution in [3.63, 3.8) is 0 Å². The van der Waals surface area contributed by atoms with Gasteiger partial charge >= 0.3 is 5.97 Å². The van der Waals surface area contributed by atoms with Crippen LogP contribution < -0.4 is 5.32 Å². The number of nitrogens with one attached hydrogen (secondary N) is 1. The molecule has 0 bridgehead atoms. The lowest BCUT2D eigenvalue weighted by atomic mass is 10.0. The smallest absolute Gasteiger partial charge is 0.305 e. The predicted octanol–water partition coefficient (Wildman–Crippen LogP) is 24.7. The molecule has 0 aliphatic heterocycles. The Morgan fingerprint density at radius 1 is 0.325 bits per heavy atom. The highest BCUT2D eigenvalue weighted by Gasteiger charge is 2.18. The van der Waals surface area contributed by atoms with Crippen LogP contribution in [0.1, 0.15) is 418 Å². The second-order valence-electron chi connectivity index (χ2n) is 26.0. The number of unbranched alkanes of at least 4 members (excludes halogenated alkanes) is 56. The van der Waals surface area contributed by atoms with E-state index < -0.39 is 12.1 Å². The predicted molar refractivity (Wildman–Crippen MR) is 366 cm³/mol. The van der Waals surface area contributed by atoms with Crippen LogP contribution in [-0.4, -0.2) is 47.4 Å². The molecule has 1 amide bonds. The molecule has 0 aromatic heterocycles. The van der Waals surface area contributed by atoms with Crippen molar-refractivity contribution in [2.45, 2.75) is 431 Å². The number of allylic oxidation sites excluding steroid dienone is 5. The van der Waals surface area contributed by atoms with Gasteiger partial charge in [0.05, 0.1) is 25.4 Å². The van der Waals surface area contributed by atoms with Crippen molar-refractivity contribution in [1.29, 1.82) is 0 Å². The van der Waals surface area contributed by atoms with Gasteiger partial charge in [-0.05, 0) is 83.5 Å². The number of amides is 1. The first kappa shape index (κ1) is 81.1. The molecule has 0 aliphatic rings. The quantitative estimate of drug-likeness (QED) is 0.0320. The lowest BCUT2D eigenvalue weighted by Gasteiger charge is -2.20. The number of aliphatic hydroxyl groups excluding tert-OH is 2. The Bertz CT molecular complexity index is 1340. The van der Waals surface area contributed by atoms with Crippen LogP contribution in [-0.2, 0) is 14.3 Å². The number of aliphatic hydroxyl groups is 2. The molecule has 6 heteroatoms. The van der Waals surface area contributed by atoms with E-state index in [2.05, 4.69) is 43.5 Å². The number of carbonyl (C=O) groups excluding carboxylic acids is 2. The number of rotatable bonds is 71. The Hall–Kier alpha value is -1.92. The zero-order valence-electron chi connectivity index (χ0n) is 56.2. The maximum absolute atomic E-state index is 12.5. The van der Waals surface area contributed by atoms with Gasteiger partial charge in [-0.2, -0.15) is 0 Å². The van der Waals surface area contributed by atoms with Crippen LogP contribution in [0.25, 0.3) is 0 Å². The Balaban J connectivity index is 3.42. The highest BCUT2D eigenvalue weighted by molar-refractivity contribution is 5.76. The van der Waals surface area contributed by atoms with Crippen LogP contribution in [0.5, 0.6) is 0 Å². The van der Waals surface area contributed by atoms with Gasteiger partial charge in [0.25, 0.3) is 0 Å². The van der Waals surface area contributed by atoms with Gasteiger partial charge in [0.1, 0.15) is 0 Å². The van der Waals surface area contributed by atoms with E-state index in [1.165, 1.54) is 347 Å². The third-order valence-corrected chi connectivity index (χ3v) is 17.6. The molecule has 0 rings (SSSR count). The van der Waals surface area contributed by atoms with Gasteiger partial charge in [0.15, 0.2) is 0 Å². The highest BCUT2D eigenvalue weighted by Crippen LogP contribution is 2.19. The number of hydrogen-bond acceptors (Lipinski definition) is 5. The lowest BCUT2D eigenvalue weighted by molar-refractivity contribution is -0.143. The third-order valence-electron chi connectivity index (χ3n) is 17.6. The molecule has 0 aliphatic carbocycles. The third kappa shape index (κ3) is 69.1. The maximum atomic E-state index is 12.5. The molecule has 3 N–H and O–H groups in total. The Morgan fingerprint density at radius 3 is 0.855 bits per heavy atom. The second kappa shape index (κ2) is 72.6. The summed E-state index contributed by atoms with van der Waals surface area (Å²) in [4.78, 5) is 24.6. The Morgan fingerprint density at radius 2 is 0.566 bits per heavy atom. The van der Waals surface area contributed by atoms with Gasteiger partial charge < -0.3 is 20.3 Å².